The molecule has 1 heterocycles. The number of hydrogen-bond acceptors (Lipinski definition) is 4. The highest BCUT2D eigenvalue weighted by atomic mass is 79.9. The predicted octanol–water partition coefficient (Wildman–Crippen LogP) is 10.3. The van der Waals surface area contributed by atoms with Crippen LogP contribution in [0.1, 0.15) is 41.7 Å². The van der Waals surface area contributed by atoms with E-state index in [-0.39, 0.29) is 5.91 Å². The summed E-state index contributed by atoms with van der Waals surface area (Å²) in [5.41, 5.74) is 6.78. The third-order valence-electron chi connectivity index (χ3n) is 7.11. The molecular formula is C36H32BrClN2O2S. The molecule has 1 fully saturated rings. The number of aryl methyl sites for hydroxylation is 2. The van der Waals surface area contributed by atoms with Crippen molar-refractivity contribution in [3.8, 4) is 5.75 Å². The van der Waals surface area contributed by atoms with E-state index in [1.54, 1.807) is 4.90 Å². The third-order valence-corrected chi connectivity index (χ3v) is 9.04. The van der Waals surface area contributed by atoms with Gasteiger partial charge >= 0.3 is 0 Å². The average molecular weight is 672 g/mol. The van der Waals surface area contributed by atoms with E-state index in [0.717, 1.165) is 51.1 Å². The fourth-order valence-electron chi connectivity index (χ4n) is 4.72. The van der Waals surface area contributed by atoms with Gasteiger partial charge < -0.3 is 4.74 Å². The smallest absolute Gasteiger partial charge is 0.271 e. The number of nitrogens with zero attached hydrogens (tertiary/aromatic N) is 2. The van der Waals surface area contributed by atoms with E-state index in [1.807, 2.05) is 72.8 Å². The van der Waals surface area contributed by atoms with Crippen LogP contribution in [0.25, 0.3) is 6.08 Å². The number of aliphatic imine (C=N–C) groups is 1. The van der Waals surface area contributed by atoms with E-state index in [1.165, 1.54) is 22.9 Å². The number of thioether (sulfide) groups is 1. The Morgan fingerprint density at radius 2 is 1.63 bits per heavy atom. The molecule has 0 saturated carbocycles. The maximum absolute atomic E-state index is 13.9. The molecule has 7 heteroatoms. The number of benzene rings is 4. The fraction of sp³-hybridized carbons (Fsp3) is 0.167. The highest BCUT2D eigenvalue weighted by molar-refractivity contribution is 9.10. The lowest BCUT2D eigenvalue weighted by Crippen LogP contribution is -2.28. The summed E-state index contributed by atoms with van der Waals surface area (Å²) in [6, 6.07) is 27.9. The maximum Gasteiger partial charge on any atom is 0.271 e. The molecule has 0 bridgehead atoms. The molecule has 1 aliphatic rings. The molecule has 1 saturated heterocycles. The van der Waals surface area contributed by atoms with Crippen LogP contribution in [0, 0.1) is 0 Å². The van der Waals surface area contributed by atoms with Gasteiger partial charge in [-0.3, -0.25) is 9.69 Å². The van der Waals surface area contributed by atoms with E-state index in [0.29, 0.717) is 28.1 Å². The highest BCUT2D eigenvalue weighted by Crippen LogP contribution is 2.39. The third kappa shape index (κ3) is 7.32. The summed E-state index contributed by atoms with van der Waals surface area (Å²) in [4.78, 5) is 21.1. The van der Waals surface area contributed by atoms with Crippen LogP contribution in [-0.4, -0.2) is 11.1 Å². The first-order chi connectivity index (χ1) is 20.9. The minimum absolute atomic E-state index is 0.112. The minimum atomic E-state index is -0.112. The Morgan fingerprint density at radius 3 is 2.28 bits per heavy atom. The first kappa shape index (κ1) is 30.9. The zero-order valence-electron chi connectivity index (χ0n) is 24.1. The second kappa shape index (κ2) is 14.3. The number of hydrogen-bond donors (Lipinski definition) is 0. The molecule has 4 nitrogen and oxygen atoms in total. The van der Waals surface area contributed by atoms with E-state index in [4.69, 9.17) is 21.3 Å². The Bertz CT molecular complexity index is 1700. The van der Waals surface area contributed by atoms with Gasteiger partial charge in [-0.1, -0.05) is 74.0 Å². The van der Waals surface area contributed by atoms with E-state index >= 15 is 0 Å². The summed E-state index contributed by atoms with van der Waals surface area (Å²) < 4.78 is 7.02. The van der Waals surface area contributed by atoms with Crippen molar-refractivity contribution in [1.29, 1.82) is 0 Å². The highest BCUT2D eigenvalue weighted by Gasteiger charge is 2.35. The van der Waals surface area contributed by atoms with Crippen LogP contribution in [0.4, 0.5) is 11.4 Å². The summed E-state index contributed by atoms with van der Waals surface area (Å²) in [6.45, 7) is 8.51. The number of amides is 1. The second-order valence-electron chi connectivity index (χ2n) is 10.0. The summed E-state index contributed by atoms with van der Waals surface area (Å²) in [5, 5.41) is 1.28. The molecule has 0 radical (unpaired) electrons. The molecule has 43 heavy (non-hydrogen) atoms. The Morgan fingerprint density at radius 1 is 0.953 bits per heavy atom. The Kier molecular flexibility index (Phi) is 10.2. The Labute approximate surface area is 271 Å². The lowest BCUT2D eigenvalue weighted by molar-refractivity contribution is -0.113. The van der Waals surface area contributed by atoms with Gasteiger partial charge in [0, 0.05) is 10.6 Å². The molecule has 0 spiro atoms. The standard InChI is InChI=1S/C36H32BrClN2O2S/c1-4-9-27-20-26(21-31(37)34(27)42-23-28-10-7-8-11-32(28)38)22-33-35(41)40(30-18-14-25(6-3)15-19-30)36(43-33)39-29-16-12-24(5-2)13-17-29/h4,7-8,10-22H,1,5-6,9,23H2,2-3H3/b33-22-,39-36?. The number of anilines is 1. The van der Waals surface area contributed by atoms with Crippen LogP contribution in [0.2, 0.25) is 5.02 Å². The lowest BCUT2D eigenvalue weighted by atomic mass is 10.1. The summed E-state index contributed by atoms with van der Waals surface area (Å²) >= 11 is 11.4. The van der Waals surface area contributed by atoms with E-state index in [2.05, 4.69) is 60.6 Å². The molecule has 4 aromatic rings. The molecule has 1 amide bonds. The molecule has 0 unspecified atom stereocenters. The number of allylic oxidation sites excluding steroid dienone is 1. The Hall–Kier alpha value is -3.58. The van der Waals surface area contributed by atoms with E-state index < -0.39 is 0 Å². The van der Waals surface area contributed by atoms with Crippen LogP contribution in [0.15, 0.2) is 112 Å². The topological polar surface area (TPSA) is 41.9 Å². The largest absolute Gasteiger partial charge is 0.487 e. The van der Waals surface area contributed by atoms with Crippen molar-refractivity contribution in [2.45, 2.75) is 39.7 Å². The molecule has 4 aromatic carbocycles. The average Bonchev–Trinajstić information content (AvgIpc) is 3.31. The molecule has 0 N–H and O–H groups in total. The van der Waals surface area contributed by atoms with Gasteiger partial charge in [-0.25, -0.2) is 4.99 Å². The van der Waals surface area contributed by atoms with Crippen LogP contribution >= 0.6 is 39.3 Å². The van der Waals surface area contributed by atoms with E-state index in [9.17, 15) is 4.79 Å². The number of carbonyl (C=O) groups is 1. The van der Waals surface area contributed by atoms with Crippen molar-refractivity contribution in [1.82, 2.24) is 0 Å². The second-order valence-corrected chi connectivity index (χ2v) is 12.3. The van der Waals surface area contributed by atoms with Gasteiger partial charge in [0.25, 0.3) is 5.91 Å². The monoisotopic (exact) mass is 670 g/mol. The van der Waals surface area contributed by atoms with Gasteiger partial charge in [0.2, 0.25) is 0 Å². The fourth-order valence-corrected chi connectivity index (χ4v) is 6.54. The molecule has 5 rings (SSSR count). The minimum Gasteiger partial charge on any atom is -0.487 e. The van der Waals surface area contributed by atoms with Gasteiger partial charge in [-0.05, 0) is 118 Å². The quantitative estimate of drug-likeness (QED) is 0.124. The number of carbonyl (C=O) groups excluding carboxylic acids is 1. The number of amidine groups is 1. The zero-order chi connectivity index (χ0) is 30.3. The van der Waals surface area contributed by atoms with Crippen LogP contribution in [0.3, 0.4) is 0 Å². The van der Waals surface area contributed by atoms with Crippen LogP contribution in [-0.2, 0) is 30.7 Å². The van der Waals surface area contributed by atoms with Crippen molar-refractivity contribution < 1.29 is 9.53 Å². The molecule has 1 aliphatic heterocycles. The lowest BCUT2D eigenvalue weighted by Gasteiger charge is -2.16. The molecular weight excluding hydrogens is 640 g/mol. The summed E-state index contributed by atoms with van der Waals surface area (Å²) in [5.74, 6) is 0.612. The number of ether oxygens (including phenoxy) is 1. The zero-order valence-corrected chi connectivity index (χ0v) is 27.3. The molecule has 0 atom stereocenters. The Balaban J connectivity index is 1.49. The molecule has 0 aliphatic carbocycles. The van der Waals surface area contributed by atoms with Crippen molar-refractivity contribution >= 4 is 67.8 Å². The summed E-state index contributed by atoms with van der Waals surface area (Å²) in [6.07, 6.45) is 6.25. The normalized spacial score (nSPS) is 15.0. The van der Waals surface area contributed by atoms with Crippen LogP contribution in [0.5, 0.6) is 5.75 Å². The summed E-state index contributed by atoms with van der Waals surface area (Å²) in [7, 11) is 0. The van der Waals surface area contributed by atoms with Gasteiger partial charge in [-0.15, -0.1) is 6.58 Å². The van der Waals surface area contributed by atoms with Crippen molar-refractivity contribution in [3.05, 3.63) is 140 Å². The number of rotatable bonds is 10. The van der Waals surface area contributed by atoms with Crippen molar-refractivity contribution in [2.24, 2.45) is 4.99 Å². The molecule has 0 aromatic heterocycles. The molecule has 218 valence electrons. The van der Waals surface area contributed by atoms with Gasteiger partial charge in [-0.2, -0.15) is 0 Å². The van der Waals surface area contributed by atoms with Gasteiger partial charge in [0.15, 0.2) is 5.17 Å². The first-order valence-electron chi connectivity index (χ1n) is 14.2. The van der Waals surface area contributed by atoms with Gasteiger partial charge in [0.05, 0.1) is 20.8 Å². The maximum atomic E-state index is 13.9. The predicted molar refractivity (Wildman–Crippen MR) is 186 cm³/mol. The van der Waals surface area contributed by atoms with Crippen LogP contribution < -0.4 is 9.64 Å². The first-order valence-corrected chi connectivity index (χ1v) is 16.2. The van der Waals surface area contributed by atoms with Crippen molar-refractivity contribution in [3.63, 3.8) is 0 Å². The SMILES string of the molecule is C=CCc1cc(/C=C2\SC(=Nc3ccc(CC)cc3)N(c3ccc(CC)cc3)C2=O)cc(Br)c1OCc1ccccc1Cl. The van der Waals surface area contributed by atoms with Gasteiger partial charge in [0.1, 0.15) is 12.4 Å². The van der Waals surface area contributed by atoms with Crippen molar-refractivity contribution in [2.75, 3.05) is 4.90 Å². The number of halogens is 2.